The maximum atomic E-state index is 13.5. The van der Waals surface area contributed by atoms with Gasteiger partial charge in [-0.1, -0.05) is 54.2 Å². The van der Waals surface area contributed by atoms with Gasteiger partial charge in [-0.2, -0.15) is 0 Å². The second kappa shape index (κ2) is 13.0. The molecule has 0 aliphatic heterocycles. The Labute approximate surface area is 217 Å². The predicted octanol–water partition coefficient (Wildman–Crippen LogP) is 5.71. The van der Waals surface area contributed by atoms with Crippen LogP contribution in [0.4, 0.5) is 0 Å². The first kappa shape index (κ1) is 27.1. The van der Waals surface area contributed by atoms with Gasteiger partial charge in [0.25, 0.3) is 5.91 Å². The highest BCUT2D eigenvalue weighted by molar-refractivity contribution is 9.10. The van der Waals surface area contributed by atoms with Crippen LogP contribution in [-0.4, -0.2) is 42.5 Å². The van der Waals surface area contributed by atoms with Crippen molar-refractivity contribution in [1.29, 1.82) is 0 Å². The van der Waals surface area contributed by atoms with Gasteiger partial charge < -0.3 is 19.7 Å². The first-order valence-electron chi connectivity index (χ1n) is 12.4. The number of methoxy groups -OCH3 is 1. The zero-order valence-corrected chi connectivity index (χ0v) is 22.8. The van der Waals surface area contributed by atoms with Crippen molar-refractivity contribution in [3.63, 3.8) is 0 Å². The summed E-state index contributed by atoms with van der Waals surface area (Å²) in [6.45, 7) is 6.08. The monoisotopic (exact) mass is 544 g/mol. The Morgan fingerprint density at radius 3 is 2.40 bits per heavy atom. The van der Waals surface area contributed by atoms with Crippen molar-refractivity contribution in [2.45, 2.75) is 77.9 Å². The summed E-state index contributed by atoms with van der Waals surface area (Å²) in [7, 11) is 1.62. The fourth-order valence-corrected chi connectivity index (χ4v) is 4.88. The summed E-state index contributed by atoms with van der Waals surface area (Å²) in [4.78, 5) is 28.5. The van der Waals surface area contributed by atoms with Crippen molar-refractivity contribution in [1.82, 2.24) is 10.2 Å². The second-order valence-corrected chi connectivity index (χ2v) is 10.1. The summed E-state index contributed by atoms with van der Waals surface area (Å²) in [5.74, 6) is 1.03. The maximum Gasteiger partial charge on any atom is 0.261 e. The smallest absolute Gasteiger partial charge is 0.261 e. The molecule has 2 aromatic rings. The third-order valence-corrected chi connectivity index (χ3v) is 7.85. The zero-order chi connectivity index (χ0) is 25.4. The van der Waals surface area contributed by atoms with E-state index in [9.17, 15) is 9.59 Å². The molecule has 0 spiro atoms. The molecule has 1 atom stereocenters. The number of nitrogens with one attached hydrogen (secondary N) is 1. The van der Waals surface area contributed by atoms with E-state index < -0.39 is 6.04 Å². The summed E-state index contributed by atoms with van der Waals surface area (Å²) in [6, 6.07) is 11.0. The summed E-state index contributed by atoms with van der Waals surface area (Å²) in [5.41, 5.74) is 2.98. The molecule has 35 heavy (non-hydrogen) atoms. The molecular formula is C28H37BrN2O4. The van der Waals surface area contributed by atoms with Crippen molar-refractivity contribution >= 4 is 27.7 Å². The number of benzene rings is 2. The van der Waals surface area contributed by atoms with Gasteiger partial charge in [0.05, 0.1) is 7.11 Å². The number of ether oxygens (including phenoxy) is 2. The Morgan fingerprint density at radius 1 is 1.09 bits per heavy atom. The summed E-state index contributed by atoms with van der Waals surface area (Å²) in [5, 5.41) is 3.20. The third kappa shape index (κ3) is 7.47. The SMILES string of the molecule is CCC(C(=O)NC1CCCCC1)N(Cc1cccc(OC)c1)C(=O)COc1cc(C)c(Br)c(C)c1. The van der Waals surface area contributed by atoms with Crippen LogP contribution >= 0.6 is 15.9 Å². The van der Waals surface area contributed by atoms with Crippen molar-refractivity contribution < 1.29 is 19.1 Å². The lowest BCUT2D eigenvalue weighted by Crippen LogP contribution is -2.52. The van der Waals surface area contributed by atoms with Gasteiger partial charge in [-0.15, -0.1) is 0 Å². The molecule has 1 N–H and O–H groups in total. The van der Waals surface area contributed by atoms with E-state index in [1.165, 1.54) is 6.42 Å². The Balaban J connectivity index is 1.79. The van der Waals surface area contributed by atoms with E-state index in [1.807, 2.05) is 57.2 Å². The summed E-state index contributed by atoms with van der Waals surface area (Å²) in [6.07, 6.45) is 6.00. The average molecular weight is 546 g/mol. The second-order valence-electron chi connectivity index (χ2n) is 9.30. The molecule has 3 rings (SSSR count). The average Bonchev–Trinajstić information content (AvgIpc) is 2.86. The Hall–Kier alpha value is -2.54. The van der Waals surface area contributed by atoms with Crippen LogP contribution in [0.2, 0.25) is 0 Å². The number of halogens is 1. The lowest BCUT2D eigenvalue weighted by atomic mass is 9.95. The number of amides is 2. The van der Waals surface area contributed by atoms with Crippen LogP contribution in [0.3, 0.4) is 0 Å². The normalized spacial score (nSPS) is 14.8. The molecule has 1 aliphatic carbocycles. The van der Waals surface area contributed by atoms with Crippen LogP contribution in [0.15, 0.2) is 40.9 Å². The van der Waals surface area contributed by atoms with Crippen LogP contribution in [0, 0.1) is 13.8 Å². The van der Waals surface area contributed by atoms with Crippen LogP contribution in [-0.2, 0) is 16.1 Å². The van der Waals surface area contributed by atoms with Gasteiger partial charge in [0, 0.05) is 17.1 Å². The zero-order valence-electron chi connectivity index (χ0n) is 21.2. The number of aryl methyl sites for hydroxylation is 2. The van der Waals surface area contributed by atoms with Crippen molar-refractivity contribution in [3.8, 4) is 11.5 Å². The quantitative estimate of drug-likeness (QED) is 0.416. The van der Waals surface area contributed by atoms with Gasteiger partial charge in [-0.05, 0) is 74.1 Å². The minimum Gasteiger partial charge on any atom is -0.497 e. The van der Waals surface area contributed by atoms with Gasteiger partial charge in [0.1, 0.15) is 17.5 Å². The van der Waals surface area contributed by atoms with Crippen molar-refractivity contribution in [2.24, 2.45) is 0 Å². The van der Waals surface area contributed by atoms with Gasteiger partial charge >= 0.3 is 0 Å². The van der Waals surface area contributed by atoms with E-state index >= 15 is 0 Å². The lowest BCUT2D eigenvalue weighted by molar-refractivity contribution is -0.143. The Kier molecular flexibility index (Phi) is 10.0. The molecule has 1 fully saturated rings. The topological polar surface area (TPSA) is 67.9 Å². The molecule has 0 bridgehead atoms. The maximum absolute atomic E-state index is 13.5. The van der Waals surface area contributed by atoms with E-state index in [2.05, 4.69) is 21.2 Å². The first-order valence-corrected chi connectivity index (χ1v) is 13.2. The number of hydrogen-bond donors (Lipinski definition) is 1. The number of carbonyl (C=O) groups is 2. The largest absolute Gasteiger partial charge is 0.497 e. The van der Waals surface area contributed by atoms with Gasteiger partial charge in [0.15, 0.2) is 6.61 Å². The van der Waals surface area contributed by atoms with Crippen molar-refractivity contribution in [3.05, 3.63) is 57.6 Å². The minimum atomic E-state index is -0.576. The number of carbonyl (C=O) groups excluding carboxylic acids is 2. The molecule has 0 heterocycles. The number of rotatable bonds is 10. The fourth-order valence-electron chi connectivity index (χ4n) is 4.65. The van der Waals surface area contributed by atoms with Gasteiger partial charge in [-0.3, -0.25) is 9.59 Å². The number of hydrogen-bond acceptors (Lipinski definition) is 4. The molecule has 2 amide bonds. The molecular weight excluding hydrogens is 508 g/mol. The van der Waals surface area contributed by atoms with E-state index in [1.54, 1.807) is 12.0 Å². The summed E-state index contributed by atoms with van der Waals surface area (Å²) >= 11 is 3.56. The van der Waals surface area contributed by atoms with E-state index in [0.29, 0.717) is 24.5 Å². The molecule has 1 unspecified atom stereocenters. The van der Waals surface area contributed by atoms with Gasteiger partial charge in [0.2, 0.25) is 5.91 Å². The molecule has 2 aromatic carbocycles. The van der Waals surface area contributed by atoms with Crippen LogP contribution in [0.5, 0.6) is 11.5 Å². The lowest BCUT2D eigenvalue weighted by Gasteiger charge is -2.32. The summed E-state index contributed by atoms with van der Waals surface area (Å²) < 4.78 is 12.3. The highest BCUT2D eigenvalue weighted by Crippen LogP contribution is 2.27. The Morgan fingerprint density at radius 2 is 1.77 bits per heavy atom. The molecule has 0 saturated heterocycles. The molecule has 190 valence electrons. The predicted molar refractivity (Wildman–Crippen MR) is 142 cm³/mol. The van der Waals surface area contributed by atoms with Crippen LogP contribution in [0.25, 0.3) is 0 Å². The van der Waals surface area contributed by atoms with Crippen molar-refractivity contribution in [2.75, 3.05) is 13.7 Å². The first-order chi connectivity index (χ1) is 16.8. The molecule has 1 saturated carbocycles. The van der Waals surface area contributed by atoms with Crippen LogP contribution < -0.4 is 14.8 Å². The fraction of sp³-hybridized carbons (Fsp3) is 0.500. The van der Waals surface area contributed by atoms with E-state index in [0.717, 1.165) is 46.8 Å². The standard InChI is InChI=1S/C28H37BrN2O4/c1-5-25(28(33)30-22-11-7-6-8-12-22)31(17-21-10-9-13-23(16-21)34-4)26(32)18-35-24-14-19(2)27(29)20(3)15-24/h9-10,13-16,22,25H,5-8,11-12,17-18H2,1-4H3,(H,30,33). The third-order valence-electron chi connectivity index (χ3n) is 6.60. The van der Waals surface area contributed by atoms with E-state index in [4.69, 9.17) is 9.47 Å². The molecule has 1 aliphatic rings. The molecule has 6 nitrogen and oxygen atoms in total. The number of nitrogens with zero attached hydrogens (tertiary/aromatic N) is 1. The molecule has 7 heteroatoms. The van der Waals surface area contributed by atoms with E-state index in [-0.39, 0.29) is 24.5 Å². The van der Waals surface area contributed by atoms with Gasteiger partial charge in [-0.25, -0.2) is 0 Å². The van der Waals surface area contributed by atoms with Crippen LogP contribution in [0.1, 0.15) is 62.1 Å². The minimum absolute atomic E-state index is 0.0917. The highest BCUT2D eigenvalue weighted by atomic mass is 79.9. The highest BCUT2D eigenvalue weighted by Gasteiger charge is 2.30. The Bertz CT molecular complexity index is 997. The molecule has 0 radical (unpaired) electrons. The molecule has 0 aromatic heterocycles.